The van der Waals surface area contributed by atoms with Crippen LogP contribution in [-0.2, 0) is 6.67 Å². The monoisotopic (exact) mass is 411 g/mol. The quantitative estimate of drug-likeness (QED) is 0.549. The molecule has 2 aromatic heterocycles. The topological polar surface area (TPSA) is 38.9 Å². The molecule has 1 saturated heterocycles. The third kappa shape index (κ3) is 3.13. The summed E-state index contributed by atoms with van der Waals surface area (Å²) in [7, 11) is 0. The van der Waals surface area contributed by atoms with Crippen LogP contribution in [0.3, 0.4) is 0 Å². The largest absolute Gasteiger partial charge is 0.301 e. The van der Waals surface area contributed by atoms with Gasteiger partial charge in [-0.05, 0) is 69.4 Å². The minimum absolute atomic E-state index is 0.522. The fourth-order valence-corrected chi connectivity index (χ4v) is 5.90. The Morgan fingerprint density at radius 1 is 1.07 bits per heavy atom. The summed E-state index contributed by atoms with van der Waals surface area (Å²) in [5, 5.41) is 6.27. The SMILES string of the molecule is S=c1n(CN2CCC[C@@H](c3nc4ccccc4s3)C2)nc(C2CC2)n1C1CC1. The first-order valence-corrected chi connectivity index (χ1v) is 11.8. The second-order valence-corrected chi connectivity index (χ2v) is 10.0. The van der Waals surface area contributed by atoms with Crippen LogP contribution in [0.4, 0.5) is 0 Å². The van der Waals surface area contributed by atoms with E-state index in [0.29, 0.717) is 17.9 Å². The van der Waals surface area contributed by atoms with Crippen molar-refractivity contribution in [2.45, 2.75) is 63.1 Å². The highest BCUT2D eigenvalue weighted by Crippen LogP contribution is 2.44. The third-order valence-electron chi connectivity index (χ3n) is 6.25. The van der Waals surface area contributed by atoms with Gasteiger partial charge in [0.2, 0.25) is 0 Å². The lowest BCUT2D eigenvalue weighted by atomic mass is 9.99. The first kappa shape index (κ1) is 17.3. The van der Waals surface area contributed by atoms with E-state index in [2.05, 4.69) is 38.4 Å². The summed E-state index contributed by atoms with van der Waals surface area (Å²) in [6.07, 6.45) is 7.54. The van der Waals surface area contributed by atoms with Crippen LogP contribution in [0.25, 0.3) is 10.2 Å². The number of hydrogen-bond acceptors (Lipinski definition) is 5. The highest BCUT2D eigenvalue weighted by molar-refractivity contribution is 7.71. The highest BCUT2D eigenvalue weighted by atomic mass is 32.1. The predicted molar refractivity (Wildman–Crippen MR) is 114 cm³/mol. The standard InChI is InChI=1S/C21H25N5S2/c27-21-25(23-19(14-7-8-14)26(21)16-9-10-16)13-24-11-3-4-15(12-24)20-22-17-5-1-2-6-18(17)28-20/h1-2,5-6,14-16H,3-4,7-13H2/t15-/m1/s1. The van der Waals surface area contributed by atoms with Crippen LogP contribution in [0.15, 0.2) is 24.3 Å². The predicted octanol–water partition coefficient (Wildman–Crippen LogP) is 5.07. The zero-order valence-corrected chi connectivity index (χ0v) is 17.6. The van der Waals surface area contributed by atoms with E-state index < -0.39 is 0 Å². The fraction of sp³-hybridized carbons (Fsp3) is 0.571. The molecule has 5 nitrogen and oxygen atoms in total. The van der Waals surface area contributed by atoms with Crippen molar-refractivity contribution in [3.05, 3.63) is 39.9 Å². The van der Waals surface area contributed by atoms with Crippen LogP contribution in [0.1, 0.15) is 67.2 Å². The van der Waals surface area contributed by atoms with Gasteiger partial charge in [-0.15, -0.1) is 11.3 Å². The highest BCUT2D eigenvalue weighted by Gasteiger charge is 2.36. The van der Waals surface area contributed by atoms with Crippen LogP contribution in [-0.4, -0.2) is 37.3 Å². The minimum Gasteiger partial charge on any atom is -0.301 e. The Morgan fingerprint density at radius 3 is 2.71 bits per heavy atom. The first-order valence-electron chi connectivity index (χ1n) is 10.5. The second-order valence-electron chi connectivity index (χ2n) is 8.59. The van der Waals surface area contributed by atoms with E-state index in [0.717, 1.165) is 30.0 Å². The maximum atomic E-state index is 5.84. The molecule has 0 radical (unpaired) electrons. The molecule has 3 fully saturated rings. The molecule has 1 aliphatic heterocycles. The third-order valence-corrected chi connectivity index (χ3v) is 7.86. The number of hydrogen-bond donors (Lipinski definition) is 0. The summed E-state index contributed by atoms with van der Waals surface area (Å²) in [5.74, 6) is 2.43. The van der Waals surface area contributed by atoms with Gasteiger partial charge in [0.05, 0.1) is 21.9 Å². The van der Waals surface area contributed by atoms with E-state index in [1.165, 1.54) is 54.1 Å². The van der Waals surface area contributed by atoms with Crippen molar-refractivity contribution in [1.29, 1.82) is 0 Å². The molecule has 28 heavy (non-hydrogen) atoms. The number of thiazole rings is 1. The maximum Gasteiger partial charge on any atom is 0.199 e. The van der Waals surface area contributed by atoms with Crippen molar-refractivity contribution in [1.82, 2.24) is 24.2 Å². The fourth-order valence-electron chi connectivity index (χ4n) is 4.46. The minimum atomic E-state index is 0.522. The zero-order valence-electron chi connectivity index (χ0n) is 16.0. The van der Waals surface area contributed by atoms with E-state index >= 15 is 0 Å². The lowest BCUT2D eigenvalue weighted by Gasteiger charge is -2.31. The van der Waals surface area contributed by atoms with Gasteiger partial charge in [0, 0.05) is 24.4 Å². The van der Waals surface area contributed by atoms with Gasteiger partial charge in [-0.25, -0.2) is 9.67 Å². The number of rotatable bonds is 5. The molecule has 3 aliphatic rings. The van der Waals surface area contributed by atoms with E-state index in [1.807, 2.05) is 11.3 Å². The molecule has 6 rings (SSSR count). The van der Waals surface area contributed by atoms with Gasteiger partial charge in [0.15, 0.2) is 4.77 Å². The summed E-state index contributed by atoms with van der Waals surface area (Å²) >= 11 is 7.70. The number of benzene rings is 1. The molecule has 0 N–H and O–H groups in total. The normalized spacial score (nSPS) is 23.5. The Bertz CT molecular complexity index is 1040. The van der Waals surface area contributed by atoms with Crippen LogP contribution in [0.5, 0.6) is 0 Å². The molecule has 0 unspecified atom stereocenters. The van der Waals surface area contributed by atoms with Gasteiger partial charge < -0.3 is 4.57 Å². The Hall–Kier alpha value is -1.57. The Labute approximate surface area is 174 Å². The molecule has 1 aromatic carbocycles. The first-order chi connectivity index (χ1) is 13.8. The summed E-state index contributed by atoms with van der Waals surface area (Å²) in [6, 6.07) is 9.11. The van der Waals surface area contributed by atoms with Crippen molar-refractivity contribution in [3.63, 3.8) is 0 Å². The average Bonchev–Trinajstić information content (AvgIpc) is 3.64. The van der Waals surface area contributed by atoms with Crippen LogP contribution in [0, 0.1) is 4.77 Å². The van der Waals surface area contributed by atoms with Gasteiger partial charge in [-0.3, -0.25) is 4.90 Å². The van der Waals surface area contributed by atoms with Crippen molar-refractivity contribution < 1.29 is 0 Å². The van der Waals surface area contributed by atoms with Crippen LogP contribution < -0.4 is 0 Å². The smallest absolute Gasteiger partial charge is 0.199 e. The molecule has 0 amide bonds. The Kier molecular flexibility index (Phi) is 4.17. The molecule has 3 heterocycles. The molecule has 7 heteroatoms. The average molecular weight is 412 g/mol. The number of para-hydroxylation sites is 1. The van der Waals surface area contributed by atoms with E-state index in [9.17, 15) is 0 Å². The summed E-state index contributed by atoms with van der Waals surface area (Å²) < 4.78 is 6.71. The molecule has 0 spiro atoms. The van der Waals surface area contributed by atoms with Crippen LogP contribution in [0.2, 0.25) is 0 Å². The molecule has 146 valence electrons. The number of aromatic nitrogens is 4. The van der Waals surface area contributed by atoms with E-state index in [1.54, 1.807) is 0 Å². The van der Waals surface area contributed by atoms with Crippen molar-refractivity contribution in [2.24, 2.45) is 0 Å². The number of piperidine rings is 1. The van der Waals surface area contributed by atoms with Gasteiger partial charge in [-0.1, -0.05) is 12.1 Å². The van der Waals surface area contributed by atoms with E-state index in [-0.39, 0.29) is 0 Å². The summed E-state index contributed by atoms with van der Waals surface area (Å²) in [5.41, 5.74) is 1.14. The van der Waals surface area contributed by atoms with Crippen molar-refractivity contribution >= 4 is 33.8 Å². The summed E-state index contributed by atoms with van der Waals surface area (Å²) in [6.45, 7) is 2.99. The van der Waals surface area contributed by atoms with Crippen molar-refractivity contribution in [2.75, 3.05) is 13.1 Å². The van der Waals surface area contributed by atoms with Gasteiger partial charge >= 0.3 is 0 Å². The van der Waals surface area contributed by atoms with E-state index in [4.69, 9.17) is 22.3 Å². The molecular formula is C21H25N5S2. The molecule has 2 aliphatic carbocycles. The van der Waals surface area contributed by atoms with Gasteiger partial charge in [0.25, 0.3) is 0 Å². The maximum absolute atomic E-state index is 5.84. The lowest BCUT2D eigenvalue weighted by molar-refractivity contribution is 0.156. The zero-order chi connectivity index (χ0) is 18.7. The summed E-state index contributed by atoms with van der Waals surface area (Å²) in [4.78, 5) is 7.45. The lowest BCUT2D eigenvalue weighted by Crippen LogP contribution is -2.36. The molecule has 2 saturated carbocycles. The number of nitrogens with zero attached hydrogens (tertiary/aromatic N) is 5. The molecule has 0 bridgehead atoms. The van der Waals surface area contributed by atoms with Gasteiger partial charge in [0.1, 0.15) is 5.82 Å². The number of likely N-dealkylation sites (tertiary alicyclic amines) is 1. The molecule has 3 aromatic rings. The van der Waals surface area contributed by atoms with Crippen molar-refractivity contribution in [3.8, 4) is 0 Å². The molecule has 1 atom stereocenters. The second kappa shape index (κ2) is 6.75. The van der Waals surface area contributed by atoms with Crippen LogP contribution >= 0.6 is 23.6 Å². The molecular weight excluding hydrogens is 386 g/mol. The number of fused-ring (bicyclic) bond motifs is 1. The Balaban J connectivity index is 1.23. The Morgan fingerprint density at radius 2 is 1.93 bits per heavy atom. The van der Waals surface area contributed by atoms with Gasteiger partial charge in [-0.2, -0.15) is 5.10 Å².